The molecule has 2 aliphatic carbocycles. The number of carboxylic acid groups (broad SMARTS) is 1. The molecule has 0 heterocycles. The highest BCUT2D eigenvalue weighted by Gasteiger charge is 2.48. The van der Waals surface area contributed by atoms with Crippen molar-refractivity contribution >= 4 is 12.3 Å². The third kappa shape index (κ3) is 1.59. The molecule has 2 rings (SSSR count). The molecule has 14 heavy (non-hydrogen) atoms. The van der Waals surface area contributed by atoms with E-state index < -0.39 is 11.9 Å². The van der Waals surface area contributed by atoms with Crippen LogP contribution in [0.1, 0.15) is 20.3 Å². The van der Waals surface area contributed by atoms with Crippen molar-refractivity contribution in [2.75, 3.05) is 0 Å². The first-order valence-corrected chi connectivity index (χ1v) is 5.10. The Morgan fingerprint density at radius 2 is 1.93 bits per heavy atom. The summed E-state index contributed by atoms with van der Waals surface area (Å²) in [5.74, 6) is -1.28. The molecule has 3 heteroatoms. The van der Waals surface area contributed by atoms with Gasteiger partial charge in [0.1, 0.15) is 6.29 Å². The van der Waals surface area contributed by atoms with Crippen molar-refractivity contribution in [2.45, 2.75) is 20.3 Å². The van der Waals surface area contributed by atoms with Crippen LogP contribution in [0.5, 0.6) is 0 Å². The molecule has 2 aliphatic rings. The number of hydrogen-bond donors (Lipinski definition) is 1. The van der Waals surface area contributed by atoms with E-state index in [1.165, 1.54) is 0 Å². The maximum atomic E-state index is 10.8. The lowest BCUT2D eigenvalue weighted by atomic mass is 9.84. The predicted octanol–water partition coefficient (Wildman–Crippen LogP) is 1.73. The maximum Gasteiger partial charge on any atom is 0.307 e. The summed E-state index contributed by atoms with van der Waals surface area (Å²) in [5, 5.41) is 8.84. The van der Waals surface area contributed by atoms with Crippen LogP contribution < -0.4 is 0 Å². The molecule has 1 N–H and O–H groups in total. The molecule has 78 valence electrons. The molecule has 1 saturated carbocycles. The van der Waals surface area contributed by atoms with Gasteiger partial charge in [-0.15, -0.1) is 0 Å². The number of hydrogen-bond acceptors (Lipinski definition) is 2. The molecule has 0 aliphatic heterocycles. The van der Waals surface area contributed by atoms with Gasteiger partial charge in [0.25, 0.3) is 0 Å². The first-order valence-electron chi connectivity index (χ1n) is 5.10. The van der Waals surface area contributed by atoms with Crippen LogP contribution in [0.2, 0.25) is 0 Å². The van der Waals surface area contributed by atoms with Crippen molar-refractivity contribution in [3.63, 3.8) is 0 Å². The van der Waals surface area contributed by atoms with E-state index in [2.05, 4.69) is 0 Å². The van der Waals surface area contributed by atoms with E-state index >= 15 is 0 Å². The van der Waals surface area contributed by atoms with Crippen LogP contribution in [0.25, 0.3) is 0 Å². The summed E-state index contributed by atoms with van der Waals surface area (Å²) in [4.78, 5) is 21.4. The highest BCUT2D eigenvalue weighted by Crippen LogP contribution is 2.46. The van der Waals surface area contributed by atoms with Crippen LogP contribution in [0.3, 0.4) is 0 Å². The van der Waals surface area contributed by atoms with Crippen molar-refractivity contribution in [2.24, 2.45) is 23.7 Å². The standard InChI is InChI=1S/C9H10O3.C2H6/c10-4-7-5-1-2-6(3-5)8(7)9(11)12;1-2/h1-2,4-8H,3H2,(H,11,12);1-2H3. The number of aldehydes is 1. The number of aliphatic carboxylic acids is 1. The number of rotatable bonds is 2. The van der Waals surface area contributed by atoms with Gasteiger partial charge in [-0.25, -0.2) is 0 Å². The monoisotopic (exact) mass is 196 g/mol. The summed E-state index contributed by atoms with van der Waals surface area (Å²) in [5.41, 5.74) is 0. The van der Waals surface area contributed by atoms with Gasteiger partial charge in [0.2, 0.25) is 0 Å². The van der Waals surface area contributed by atoms with E-state index in [0.717, 1.165) is 12.7 Å². The van der Waals surface area contributed by atoms with Gasteiger partial charge in [0, 0.05) is 5.92 Å². The summed E-state index contributed by atoms with van der Waals surface area (Å²) in [6.07, 6.45) is 5.56. The lowest BCUT2D eigenvalue weighted by molar-refractivity contribution is -0.145. The fraction of sp³-hybridized carbons (Fsp3) is 0.636. The second-order valence-electron chi connectivity index (χ2n) is 3.53. The van der Waals surface area contributed by atoms with Gasteiger partial charge in [0.15, 0.2) is 0 Å². The molecule has 0 radical (unpaired) electrons. The maximum absolute atomic E-state index is 10.8. The number of allylic oxidation sites excluding steroid dienone is 2. The first kappa shape index (κ1) is 11.0. The number of carboxylic acids is 1. The van der Waals surface area contributed by atoms with Crippen LogP contribution in [0, 0.1) is 23.7 Å². The minimum absolute atomic E-state index is 0.0997. The van der Waals surface area contributed by atoms with Gasteiger partial charge in [-0.2, -0.15) is 0 Å². The van der Waals surface area contributed by atoms with Crippen molar-refractivity contribution in [3.05, 3.63) is 12.2 Å². The molecule has 1 fully saturated rings. The molecule has 3 nitrogen and oxygen atoms in total. The van der Waals surface area contributed by atoms with E-state index in [4.69, 9.17) is 5.11 Å². The minimum Gasteiger partial charge on any atom is -0.481 e. The van der Waals surface area contributed by atoms with Crippen molar-refractivity contribution in [1.29, 1.82) is 0 Å². The largest absolute Gasteiger partial charge is 0.481 e. The Hall–Kier alpha value is -1.12. The zero-order valence-electron chi connectivity index (χ0n) is 8.51. The Morgan fingerprint density at radius 3 is 2.36 bits per heavy atom. The highest BCUT2D eigenvalue weighted by atomic mass is 16.4. The molecule has 0 aromatic carbocycles. The van der Waals surface area contributed by atoms with E-state index in [1.807, 2.05) is 26.0 Å². The van der Waals surface area contributed by atoms with E-state index in [-0.39, 0.29) is 17.8 Å². The second kappa shape index (κ2) is 4.40. The predicted molar refractivity (Wildman–Crippen MR) is 52.8 cm³/mol. The van der Waals surface area contributed by atoms with Crippen LogP contribution in [0.4, 0.5) is 0 Å². The average molecular weight is 196 g/mol. The molecule has 2 bridgehead atoms. The normalized spacial score (nSPS) is 37.6. The SMILES string of the molecule is CC.O=CC1C2C=CC(C2)C1C(=O)O. The van der Waals surface area contributed by atoms with Crippen molar-refractivity contribution < 1.29 is 14.7 Å². The Kier molecular flexibility index (Phi) is 3.44. The number of fused-ring (bicyclic) bond motifs is 2. The Bertz CT molecular complexity index is 257. The molecular formula is C11H16O3. The van der Waals surface area contributed by atoms with E-state index in [1.54, 1.807) is 0 Å². The van der Waals surface area contributed by atoms with E-state index in [9.17, 15) is 9.59 Å². The Morgan fingerprint density at radius 1 is 1.36 bits per heavy atom. The molecule has 0 amide bonds. The van der Waals surface area contributed by atoms with Gasteiger partial charge in [0.05, 0.1) is 5.92 Å². The number of carbonyl (C=O) groups excluding carboxylic acids is 1. The molecule has 4 unspecified atom stereocenters. The van der Waals surface area contributed by atoms with Crippen LogP contribution in [-0.2, 0) is 9.59 Å². The summed E-state index contributed by atoms with van der Waals surface area (Å²) in [6.45, 7) is 4.00. The minimum atomic E-state index is -0.830. The Balaban J connectivity index is 0.000000461. The molecule has 4 atom stereocenters. The second-order valence-corrected chi connectivity index (χ2v) is 3.53. The van der Waals surface area contributed by atoms with E-state index in [0.29, 0.717) is 0 Å². The van der Waals surface area contributed by atoms with Crippen molar-refractivity contribution in [3.8, 4) is 0 Å². The molecule has 0 aromatic rings. The lowest BCUT2D eigenvalue weighted by Gasteiger charge is -2.18. The van der Waals surface area contributed by atoms with Crippen LogP contribution in [0.15, 0.2) is 12.2 Å². The van der Waals surface area contributed by atoms with Gasteiger partial charge < -0.3 is 9.90 Å². The fourth-order valence-electron chi connectivity index (χ4n) is 2.39. The summed E-state index contributed by atoms with van der Waals surface area (Å²) in [7, 11) is 0. The molecule has 0 saturated heterocycles. The molecular weight excluding hydrogens is 180 g/mol. The number of carbonyl (C=O) groups is 2. The summed E-state index contributed by atoms with van der Waals surface area (Å²) in [6, 6.07) is 0. The van der Waals surface area contributed by atoms with Crippen molar-refractivity contribution in [1.82, 2.24) is 0 Å². The molecule has 0 aromatic heterocycles. The Labute approximate surface area is 83.8 Å². The zero-order chi connectivity index (χ0) is 10.7. The summed E-state index contributed by atoms with van der Waals surface area (Å²) < 4.78 is 0. The van der Waals surface area contributed by atoms with Gasteiger partial charge >= 0.3 is 5.97 Å². The average Bonchev–Trinajstić information content (AvgIpc) is 2.79. The van der Waals surface area contributed by atoms with Gasteiger partial charge in [-0.05, 0) is 18.3 Å². The lowest BCUT2D eigenvalue weighted by Crippen LogP contribution is -2.28. The quantitative estimate of drug-likeness (QED) is 0.540. The molecule has 0 spiro atoms. The topological polar surface area (TPSA) is 54.4 Å². The van der Waals surface area contributed by atoms with Crippen LogP contribution >= 0.6 is 0 Å². The first-order chi connectivity index (χ1) is 6.74. The third-order valence-electron chi connectivity index (χ3n) is 2.96. The smallest absolute Gasteiger partial charge is 0.307 e. The van der Waals surface area contributed by atoms with Crippen LogP contribution in [-0.4, -0.2) is 17.4 Å². The van der Waals surface area contributed by atoms with Gasteiger partial charge in [-0.1, -0.05) is 26.0 Å². The van der Waals surface area contributed by atoms with Gasteiger partial charge in [-0.3, -0.25) is 4.79 Å². The third-order valence-corrected chi connectivity index (χ3v) is 2.96. The fourth-order valence-corrected chi connectivity index (χ4v) is 2.39. The zero-order valence-corrected chi connectivity index (χ0v) is 8.51. The summed E-state index contributed by atoms with van der Waals surface area (Å²) >= 11 is 0. The highest BCUT2D eigenvalue weighted by molar-refractivity contribution is 5.77.